The monoisotopic (exact) mass is 295 g/mol. The lowest BCUT2D eigenvalue weighted by Crippen LogP contribution is -2.32. The van der Waals surface area contributed by atoms with E-state index in [1.165, 1.54) is 7.11 Å². The minimum Gasteiger partial charge on any atom is -0.490 e. The Balaban J connectivity index is 2.96. The molecule has 0 aromatic heterocycles. The van der Waals surface area contributed by atoms with E-state index in [0.717, 1.165) is 5.56 Å². The van der Waals surface area contributed by atoms with E-state index in [2.05, 4.69) is 0 Å². The molecule has 0 aliphatic carbocycles. The molecule has 0 aliphatic heterocycles. The quantitative estimate of drug-likeness (QED) is 0.744. The molecule has 0 unspecified atom stereocenters. The highest BCUT2D eigenvalue weighted by molar-refractivity contribution is 5.75. The van der Waals surface area contributed by atoms with Gasteiger partial charge in [0.25, 0.3) is 0 Å². The number of carbonyl (C=O) groups is 1. The molecule has 0 saturated heterocycles. The maximum Gasteiger partial charge on any atom is 0.314 e. The van der Waals surface area contributed by atoms with Crippen LogP contribution < -0.4 is 15.2 Å². The number of nitrogens with two attached hydrogens (primary N) is 1. The number of methoxy groups -OCH3 is 1. The Hall–Kier alpha value is -1.75. The van der Waals surface area contributed by atoms with Crippen molar-refractivity contribution in [1.82, 2.24) is 0 Å². The number of esters is 1. The van der Waals surface area contributed by atoms with Gasteiger partial charge in [0.2, 0.25) is 0 Å². The fourth-order valence-corrected chi connectivity index (χ4v) is 1.93. The van der Waals surface area contributed by atoms with E-state index in [4.69, 9.17) is 19.9 Å². The third-order valence-corrected chi connectivity index (χ3v) is 3.09. The summed E-state index contributed by atoms with van der Waals surface area (Å²) in [5, 5.41) is 0. The molecule has 5 nitrogen and oxygen atoms in total. The minimum atomic E-state index is -0.728. The van der Waals surface area contributed by atoms with Crippen molar-refractivity contribution in [2.45, 2.75) is 27.2 Å². The third kappa shape index (κ3) is 4.63. The SMILES string of the molecule is CCOc1cccc(CCN)c1OCC(C)(C)C(=O)OC. The zero-order chi connectivity index (χ0) is 15.9. The van der Waals surface area contributed by atoms with E-state index >= 15 is 0 Å². The van der Waals surface area contributed by atoms with Crippen LogP contribution in [0.4, 0.5) is 0 Å². The lowest BCUT2D eigenvalue weighted by Gasteiger charge is -2.23. The Bertz CT molecular complexity index is 447. The van der Waals surface area contributed by atoms with Gasteiger partial charge in [0.1, 0.15) is 6.61 Å². The normalized spacial score (nSPS) is 11.1. The van der Waals surface area contributed by atoms with Gasteiger partial charge in [-0.05, 0) is 45.4 Å². The van der Waals surface area contributed by atoms with Gasteiger partial charge in [0.15, 0.2) is 11.5 Å². The van der Waals surface area contributed by atoms with E-state index in [0.29, 0.717) is 31.1 Å². The van der Waals surface area contributed by atoms with Gasteiger partial charge in [-0.1, -0.05) is 12.1 Å². The molecule has 0 atom stereocenters. The Labute approximate surface area is 126 Å². The molecular formula is C16H25NO4. The molecule has 1 rings (SSSR count). The maximum atomic E-state index is 11.7. The smallest absolute Gasteiger partial charge is 0.314 e. The van der Waals surface area contributed by atoms with E-state index < -0.39 is 5.41 Å². The number of rotatable bonds is 8. The van der Waals surface area contributed by atoms with Crippen LogP contribution in [0.5, 0.6) is 11.5 Å². The van der Waals surface area contributed by atoms with Crippen molar-refractivity contribution in [3.05, 3.63) is 23.8 Å². The maximum absolute atomic E-state index is 11.7. The van der Waals surface area contributed by atoms with Crippen molar-refractivity contribution < 1.29 is 19.0 Å². The van der Waals surface area contributed by atoms with E-state index in [9.17, 15) is 4.79 Å². The average Bonchev–Trinajstić information content (AvgIpc) is 2.46. The molecule has 5 heteroatoms. The second kappa shape index (κ2) is 7.88. The number of ether oxygens (including phenoxy) is 3. The topological polar surface area (TPSA) is 70.8 Å². The Morgan fingerprint density at radius 2 is 2.00 bits per heavy atom. The summed E-state index contributed by atoms with van der Waals surface area (Å²) in [6, 6.07) is 5.72. The first kappa shape index (κ1) is 17.3. The Morgan fingerprint density at radius 1 is 1.29 bits per heavy atom. The Kier molecular flexibility index (Phi) is 6.49. The third-order valence-electron chi connectivity index (χ3n) is 3.09. The molecule has 0 spiro atoms. The number of hydrogen-bond acceptors (Lipinski definition) is 5. The van der Waals surface area contributed by atoms with Crippen LogP contribution in [0.25, 0.3) is 0 Å². The van der Waals surface area contributed by atoms with E-state index in [1.807, 2.05) is 25.1 Å². The average molecular weight is 295 g/mol. The molecule has 2 N–H and O–H groups in total. The molecule has 0 amide bonds. The fraction of sp³-hybridized carbons (Fsp3) is 0.562. The largest absolute Gasteiger partial charge is 0.490 e. The zero-order valence-corrected chi connectivity index (χ0v) is 13.3. The van der Waals surface area contributed by atoms with Gasteiger partial charge in [0, 0.05) is 0 Å². The molecule has 21 heavy (non-hydrogen) atoms. The molecule has 1 aromatic carbocycles. The summed E-state index contributed by atoms with van der Waals surface area (Å²) in [5.41, 5.74) is 5.88. The summed E-state index contributed by atoms with van der Waals surface area (Å²) in [5.74, 6) is 1.02. The molecule has 0 fully saturated rings. The lowest BCUT2D eigenvalue weighted by molar-refractivity contribution is -0.152. The fourth-order valence-electron chi connectivity index (χ4n) is 1.93. The Morgan fingerprint density at radius 3 is 2.57 bits per heavy atom. The predicted octanol–water partition coefficient (Wildman–Crippen LogP) is 2.16. The summed E-state index contributed by atoms with van der Waals surface area (Å²) in [6.07, 6.45) is 0.689. The first-order valence-corrected chi connectivity index (χ1v) is 7.12. The summed E-state index contributed by atoms with van der Waals surface area (Å²) in [7, 11) is 1.37. The standard InChI is InChI=1S/C16H25NO4/c1-5-20-13-8-6-7-12(9-10-17)14(13)21-11-16(2,3)15(18)19-4/h6-8H,5,9-11,17H2,1-4H3. The summed E-state index contributed by atoms with van der Waals surface area (Å²) in [4.78, 5) is 11.7. The van der Waals surface area contributed by atoms with Gasteiger partial charge >= 0.3 is 5.97 Å². The molecule has 0 radical (unpaired) electrons. The second-order valence-corrected chi connectivity index (χ2v) is 5.38. The van der Waals surface area contributed by atoms with Gasteiger partial charge in [-0.2, -0.15) is 0 Å². The predicted molar refractivity (Wildman–Crippen MR) is 81.7 cm³/mol. The van der Waals surface area contributed by atoms with Crippen LogP contribution in [-0.4, -0.2) is 32.8 Å². The van der Waals surface area contributed by atoms with Crippen molar-refractivity contribution in [3.8, 4) is 11.5 Å². The highest BCUT2D eigenvalue weighted by Crippen LogP contribution is 2.33. The molecule has 0 heterocycles. The molecule has 0 bridgehead atoms. The van der Waals surface area contributed by atoms with Crippen LogP contribution in [0.1, 0.15) is 26.3 Å². The van der Waals surface area contributed by atoms with Crippen LogP contribution in [0.2, 0.25) is 0 Å². The summed E-state index contributed by atoms with van der Waals surface area (Å²) >= 11 is 0. The number of carbonyl (C=O) groups excluding carboxylic acids is 1. The van der Waals surface area contributed by atoms with Crippen molar-refractivity contribution in [2.24, 2.45) is 11.1 Å². The number of benzene rings is 1. The van der Waals surface area contributed by atoms with Crippen molar-refractivity contribution >= 4 is 5.97 Å². The van der Waals surface area contributed by atoms with Gasteiger partial charge in [0.05, 0.1) is 19.1 Å². The molecule has 0 saturated carbocycles. The van der Waals surface area contributed by atoms with E-state index in [1.54, 1.807) is 13.8 Å². The highest BCUT2D eigenvalue weighted by Gasteiger charge is 2.30. The molecule has 1 aromatic rings. The van der Waals surface area contributed by atoms with Crippen molar-refractivity contribution in [3.63, 3.8) is 0 Å². The molecule has 118 valence electrons. The van der Waals surface area contributed by atoms with Crippen LogP contribution in [0.15, 0.2) is 18.2 Å². The number of hydrogen-bond donors (Lipinski definition) is 1. The first-order valence-electron chi connectivity index (χ1n) is 7.12. The van der Waals surface area contributed by atoms with Crippen molar-refractivity contribution in [1.29, 1.82) is 0 Å². The second-order valence-electron chi connectivity index (χ2n) is 5.38. The van der Waals surface area contributed by atoms with Gasteiger partial charge in [-0.3, -0.25) is 4.79 Å². The highest BCUT2D eigenvalue weighted by atomic mass is 16.5. The van der Waals surface area contributed by atoms with Gasteiger partial charge in [-0.15, -0.1) is 0 Å². The minimum absolute atomic E-state index is 0.210. The number of para-hydroxylation sites is 1. The van der Waals surface area contributed by atoms with Gasteiger partial charge < -0.3 is 19.9 Å². The summed E-state index contributed by atoms with van der Waals surface area (Å²) < 4.78 is 16.3. The molecular weight excluding hydrogens is 270 g/mol. The van der Waals surface area contributed by atoms with Crippen LogP contribution in [-0.2, 0) is 16.0 Å². The van der Waals surface area contributed by atoms with Crippen LogP contribution in [0.3, 0.4) is 0 Å². The molecule has 0 aliphatic rings. The lowest BCUT2D eigenvalue weighted by atomic mass is 9.95. The first-order chi connectivity index (χ1) is 9.96. The van der Waals surface area contributed by atoms with Crippen molar-refractivity contribution in [2.75, 3.05) is 26.9 Å². The van der Waals surface area contributed by atoms with Crippen LogP contribution >= 0.6 is 0 Å². The summed E-state index contributed by atoms with van der Waals surface area (Å²) in [6.45, 7) is 6.75. The van der Waals surface area contributed by atoms with Crippen LogP contribution in [0, 0.1) is 5.41 Å². The zero-order valence-electron chi connectivity index (χ0n) is 13.3. The van der Waals surface area contributed by atoms with Gasteiger partial charge in [-0.25, -0.2) is 0 Å². The van der Waals surface area contributed by atoms with E-state index in [-0.39, 0.29) is 12.6 Å².